The molecule has 2 N–H and O–H groups in total. The lowest BCUT2D eigenvalue weighted by atomic mass is 9.86. The monoisotopic (exact) mass is 430 g/mol. The summed E-state index contributed by atoms with van der Waals surface area (Å²) < 4.78 is 5.35. The standard InChI is InChI=1S/C22H27ClN4O3/c1-16-15-26(20-19(23)3-2-10-24-20)11-12-27(16)21(28)25-18-6-4-17(5-7-18)22(29)8-13-30-14-9-22/h2-7,10,16,29H,8-9,11-15H2,1H3,(H,25,28)/t16-/m1/s1. The topological polar surface area (TPSA) is 77.9 Å². The van der Waals surface area contributed by atoms with E-state index in [0.717, 1.165) is 11.4 Å². The van der Waals surface area contributed by atoms with Crippen molar-refractivity contribution in [3.8, 4) is 0 Å². The number of urea groups is 1. The van der Waals surface area contributed by atoms with E-state index >= 15 is 0 Å². The summed E-state index contributed by atoms with van der Waals surface area (Å²) in [4.78, 5) is 21.1. The quantitative estimate of drug-likeness (QED) is 0.779. The van der Waals surface area contributed by atoms with Crippen LogP contribution < -0.4 is 10.2 Å². The van der Waals surface area contributed by atoms with Crippen LogP contribution in [0.3, 0.4) is 0 Å². The number of rotatable bonds is 3. The molecule has 0 saturated carbocycles. The fraction of sp³-hybridized carbons (Fsp3) is 0.455. The second-order valence-corrected chi connectivity index (χ2v) is 8.36. The normalized spacial score (nSPS) is 21.4. The van der Waals surface area contributed by atoms with Crippen LogP contribution in [-0.2, 0) is 10.3 Å². The molecule has 8 heteroatoms. The molecular formula is C22H27ClN4O3. The van der Waals surface area contributed by atoms with E-state index in [1.54, 1.807) is 6.20 Å². The number of aliphatic hydroxyl groups is 1. The van der Waals surface area contributed by atoms with Gasteiger partial charge in [0, 0.05) is 63.6 Å². The first kappa shape index (κ1) is 20.9. The van der Waals surface area contributed by atoms with Gasteiger partial charge in [-0.05, 0) is 36.8 Å². The highest BCUT2D eigenvalue weighted by Gasteiger charge is 2.32. The van der Waals surface area contributed by atoms with Crippen molar-refractivity contribution in [2.45, 2.75) is 31.4 Å². The average molecular weight is 431 g/mol. The third-order valence-corrected chi connectivity index (χ3v) is 6.22. The summed E-state index contributed by atoms with van der Waals surface area (Å²) >= 11 is 6.27. The van der Waals surface area contributed by atoms with Crippen LogP contribution in [-0.4, -0.2) is 59.9 Å². The van der Waals surface area contributed by atoms with Crippen LogP contribution in [0.4, 0.5) is 16.3 Å². The average Bonchev–Trinajstić information content (AvgIpc) is 2.75. The number of benzene rings is 1. The highest BCUT2D eigenvalue weighted by atomic mass is 35.5. The molecule has 1 aromatic heterocycles. The number of amides is 2. The minimum atomic E-state index is -0.849. The Morgan fingerprint density at radius 2 is 1.97 bits per heavy atom. The van der Waals surface area contributed by atoms with Crippen LogP contribution in [0.15, 0.2) is 42.6 Å². The Bertz CT molecular complexity index is 886. The van der Waals surface area contributed by atoms with Crippen LogP contribution >= 0.6 is 11.6 Å². The van der Waals surface area contributed by atoms with E-state index in [2.05, 4.69) is 15.2 Å². The third kappa shape index (κ3) is 4.38. The van der Waals surface area contributed by atoms with E-state index in [1.807, 2.05) is 48.2 Å². The lowest BCUT2D eigenvalue weighted by Gasteiger charge is -2.40. The van der Waals surface area contributed by atoms with Crippen molar-refractivity contribution in [2.75, 3.05) is 43.1 Å². The summed E-state index contributed by atoms with van der Waals surface area (Å²) in [5.74, 6) is 0.757. The maximum Gasteiger partial charge on any atom is 0.322 e. The summed E-state index contributed by atoms with van der Waals surface area (Å²) in [6, 6.07) is 11.0. The van der Waals surface area contributed by atoms with Crippen molar-refractivity contribution < 1.29 is 14.6 Å². The minimum Gasteiger partial charge on any atom is -0.385 e. The summed E-state index contributed by atoms with van der Waals surface area (Å²) in [5.41, 5.74) is 0.720. The fourth-order valence-corrected chi connectivity index (χ4v) is 4.36. The Kier molecular flexibility index (Phi) is 6.13. The number of hydrogen-bond acceptors (Lipinski definition) is 5. The van der Waals surface area contributed by atoms with Crippen LogP contribution in [0, 0.1) is 0 Å². The van der Waals surface area contributed by atoms with Crippen molar-refractivity contribution in [2.24, 2.45) is 0 Å². The van der Waals surface area contributed by atoms with Crippen LogP contribution in [0.25, 0.3) is 0 Å². The number of carbonyl (C=O) groups is 1. The molecule has 1 atom stereocenters. The summed E-state index contributed by atoms with van der Waals surface area (Å²) in [7, 11) is 0. The van der Waals surface area contributed by atoms with Crippen molar-refractivity contribution in [1.29, 1.82) is 0 Å². The maximum atomic E-state index is 12.8. The van der Waals surface area contributed by atoms with Gasteiger partial charge in [-0.3, -0.25) is 0 Å². The summed E-state index contributed by atoms with van der Waals surface area (Å²) in [5, 5.41) is 14.4. The molecule has 0 aliphatic carbocycles. The van der Waals surface area contributed by atoms with Gasteiger partial charge in [0.1, 0.15) is 5.82 Å². The molecule has 30 heavy (non-hydrogen) atoms. The zero-order chi connectivity index (χ0) is 21.1. The highest BCUT2D eigenvalue weighted by molar-refractivity contribution is 6.32. The zero-order valence-electron chi connectivity index (χ0n) is 17.1. The molecule has 0 radical (unpaired) electrons. The van der Waals surface area contributed by atoms with Gasteiger partial charge in [0.25, 0.3) is 0 Å². The Morgan fingerprint density at radius 3 is 2.63 bits per heavy atom. The van der Waals surface area contributed by atoms with Gasteiger partial charge in [-0.15, -0.1) is 0 Å². The molecule has 2 aliphatic rings. The molecule has 160 valence electrons. The van der Waals surface area contributed by atoms with Crippen LogP contribution in [0.1, 0.15) is 25.3 Å². The van der Waals surface area contributed by atoms with Gasteiger partial charge in [0.2, 0.25) is 0 Å². The van der Waals surface area contributed by atoms with Crippen molar-refractivity contribution in [3.63, 3.8) is 0 Å². The minimum absolute atomic E-state index is 0.0130. The molecule has 3 heterocycles. The number of aromatic nitrogens is 1. The number of carbonyl (C=O) groups excluding carboxylic acids is 1. The number of ether oxygens (including phenoxy) is 1. The predicted molar refractivity (Wildman–Crippen MR) is 117 cm³/mol. The van der Waals surface area contributed by atoms with Gasteiger partial charge in [0.05, 0.1) is 10.6 Å². The molecule has 7 nitrogen and oxygen atoms in total. The Balaban J connectivity index is 1.37. The molecular weight excluding hydrogens is 404 g/mol. The number of anilines is 2. The van der Waals surface area contributed by atoms with Crippen LogP contribution in [0.5, 0.6) is 0 Å². The van der Waals surface area contributed by atoms with E-state index in [0.29, 0.717) is 56.4 Å². The Morgan fingerprint density at radius 1 is 1.23 bits per heavy atom. The number of nitrogens with zero attached hydrogens (tertiary/aromatic N) is 3. The highest BCUT2D eigenvalue weighted by Crippen LogP contribution is 2.32. The molecule has 0 spiro atoms. The van der Waals surface area contributed by atoms with E-state index in [1.165, 1.54) is 0 Å². The first-order chi connectivity index (χ1) is 14.5. The Hall–Kier alpha value is -2.35. The van der Waals surface area contributed by atoms with E-state index in [-0.39, 0.29) is 12.1 Å². The second-order valence-electron chi connectivity index (χ2n) is 7.95. The summed E-state index contributed by atoms with van der Waals surface area (Å²) in [6.45, 7) is 5.05. The maximum absolute atomic E-state index is 12.8. The first-order valence-corrected chi connectivity index (χ1v) is 10.7. The molecule has 1 aromatic carbocycles. The van der Waals surface area contributed by atoms with E-state index in [4.69, 9.17) is 16.3 Å². The smallest absolute Gasteiger partial charge is 0.322 e. The predicted octanol–water partition coefficient (Wildman–Crippen LogP) is 3.48. The number of piperazine rings is 1. The molecule has 2 fully saturated rings. The van der Waals surface area contributed by atoms with Gasteiger partial charge in [-0.25, -0.2) is 9.78 Å². The van der Waals surface area contributed by atoms with Crippen molar-refractivity contribution >= 4 is 29.1 Å². The fourth-order valence-electron chi connectivity index (χ4n) is 4.12. The molecule has 2 aliphatic heterocycles. The van der Waals surface area contributed by atoms with E-state index in [9.17, 15) is 9.90 Å². The van der Waals surface area contributed by atoms with Crippen molar-refractivity contribution in [3.05, 3.63) is 53.2 Å². The molecule has 2 saturated heterocycles. The lowest BCUT2D eigenvalue weighted by Crippen LogP contribution is -2.55. The zero-order valence-corrected chi connectivity index (χ0v) is 17.8. The molecule has 4 rings (SSSR count). The molecule has 2 amide bonds. The third-order valence-electron chi connectivity index (χ3n) is 5.92. The van der Waals surface area contributed by atoms with Gasteiger partial charge in [0.15, 0.2) is 0 Å². The summed E-state index contributed by atoms with van der Waals surface area (Å²) in [6.07, 6.45) is 2.90. The second kappa shape index (κ2) is 8.79. The Labute approximate surface area is 181 Å². The van der Waals surface area contributed by atoms with Gasteiger partial charge < -0.3 is 25.0 Å². The molecule has 0 unspecified atom stereocenters. The van der Waals surface area contributed by atoms with Crippen molar-refractivity contribution in [1.82, 2.24) is 9.88 Å². The molecule has 2 aromatic rings. The van der Waals surface area contributed by atoms with Gasteiger partial charge >= 0.3 is 6.03 Å². The molecule has 0 bridgehead atoms. The number of halogens is 1. The van der Waals surface area contributed by atoms with Gasteiger partial charge in [-0.1, -0.05) is 23.7 Å². The first-order valence-electron chi connectivity index (χ1n) is 10.3. The number of hydrogen-bond donors (Lipinski definition) is 2. The lowest BCUT2D eigenvalue weighted by molar-refractivity contribution is -0.0679. The van der Waals surface area contributed by atoms with E-state index < -0.39 is 5.60 Å². The van der Waals surface area contributed by atoms with Crippen LogP contribution in [0.2, 0.25) is 5.02 Å². The SMILES string of the molecule is C[C@@H]1CN(c2ncccc2Cl)CCN1C(=O)Nc1ccc(C2(O)CCOCC2)cc1. The largest absolute Gasteiger partial charge is 0.385 e. The number of nitrogens with one attached hydrogen (secondary N) is 1. The number of pyridine rings is 1. The van der Waals surface area contributed by atoms with Gasteiger partial charge in [-0.2, -0.15) is 0 Å².